The second-order valence-electron chi connectivity index (χ2n) is 6.06. The van der Waals surface area contributed by atoms with Crippen molar-refractivity contribution in [1.29, 1.82) is 0 Å². The Morgan fingerprint density at radius 1 is 1.28 bits per heavy atom. The average Bonchev–Trinajstić information content (AvgIpc) is 2.62. The highest BCUT2D eigenvalue weighted by atomic mass is 35.5. The largest absolute Gasteiger partial charge is 0.486 e. The molecule has 0 spiro atoms. The van der Waals surface area contributed by atoms with Gasteiger partial charge in [-0.3, -0.25) is 4.79 Å². The Kier molecular flexibility index (Phi) is 5.29. The van der Waals surface area contributed by atoms with Gasteiger partial charge in [-0.2, -0.15) is 0 Å². The number of hydrogen-bond acceptors (Lipinski definition) is 3. The van der Waals surface area contributed by atoms with Crippen LogP contribution in [0.1, 0.15) is 11.1 Å². The van der Waals surface area contributed by atoms with E-state index in [-0.39, 0.29) is 12.0 Å². The summed E-state index contributed by atoms with van der Waals surface area (Å²) in [6.07, 6.45) is 3.11. The van der Waals surface area contributed by atoms with Gasteiger partial charge < -0.3 is 14.4 Å². The van der Waals surface area contributed by atoms with E-state index in [0.29, 0.717) is 23.9 Å². The first-order valence-corrected chi connectivity index (χ1v) is 8.48. The molecule has 1 atom stereocenters. The highest BCUT2D eigenvalue weighted by molar-refractivity contribution is 6.31. The summed E-state index contributed by atoms with van der Waals surface area (Å²) in [4.78, 5) is 13.9. The maximum absolute atomic E-state index is 12.3. The molecular formula is C20H20ClNO3. The number of nitrogens with zero attached hydrogens (tertiary/aromatic N) is 1. The molecule has 3 rings (SSSR count). The highest BCUT2D eigenvalue weighted by Gasteiger charge is 2.22. The number of para-hydroxylation sites is 2. The summed E-state index contributed by atoms with van der Waals surface area (Å²) >= 11 is 6.10. The zero-order chi connectivity index (χ0) is 17.8. The molecule has 1 aliphatic rings. The lowest BCUT2D eigenvalue weighted by Crippen LogP contribution is -2.41. The number of benzene rings is 2. The van der Waals surface area contributed by atoms with Crippen LogP contribution in [0.5, 0.6) is 11.5 Å². The fourth-order valence-corrected chi connectivity index (χ4v) is 2.74. The van der Waals surface area contributed by atoms with E-state index in [1.165, 1.54) is 0 Å². The minimum Gasteiger partial charge on any atom is -0.486 e. The van der Waals surface area contributed by atoms with Gasteiger partial charge in [0.25, 0.3) is 0 Å². The Morgan fingerprint density at radius 2 is 2.04 bits per heavy atom. The van der Waals surface area contributed by atoms with Gasteiger partial charge in [-0.25, -0.2) is 0 Å². The van der Waals surface area contributed by atoms with Crippen LogP contribution in [-0.2, 0) is 4.79 Å². The van der Waals surface area contributed by atoms with Crippen LogP contribution < -0.4 is 9.47 Å². The molecule has 1 heterocycles. The second-order valence-corrected chi connectivity index (χ2v) is 6.47. The van der Waals surface area contributed by atoms with Crippen LogP contribution >= 0.6 is 11.6 Å². The van der Waals surface area contributed by atoms with E-state index in [4.69, 9.17) is 21.1 Å². The Balaban J connectivity index is 1.58. The third-order valence-corrected chi connectivity index (χ3v) is 4.44. The molecule has 0 bridgehead atoms. The van der Waals surface area contributed by atoms with Gasteiger partial charge in [-0.1, -0.05) is 35.9 Å². The molecule has 0 radical (unpaired) electrons. The number of hydrogen-bond donors (Lipinski definition) is 0. The van der Waals surface area contributed by atoms with Crippen molar-refractivity contribution in [3.63, 3.8) is 0 Å². The maximum atomic E-state index is 12.3. The zero-order valence-electron chi connectivity index (χ0n) is 14.2. The van der Waals surface area contributed by atoms with Crippen molar-refractivity contribution in [3.8, 4) is 11.5 Å². The van der Waals surface area contributed by atoms with Crippen LogP contribution in [-0.4, -0.2) is 37.1 Å². The third-order valence-electron chi connectivity index (χ3n) is 4.04. The summed E-state index contributed by atoms with van der Waals surface area (Å²) in [5, 5.41) is 0.689. The van der Waals surface area contributed by atoms with Crippen molar-refractivity contribution >= 4 is 23.6 Å². The van der Waals surface area contributed by atoms with Gasteiger partial charge in [-0.05, 0) is 42.3 Å². The SMILES string of the molecule is Cc1ccc(/C=C/C(=O)N(C)CC2COc3ccccc3O2)cc1Cl. The van der Waals surface area contributed by atoms with Crippen LogP contribution in [0.25, 0.3) is 6.08 Å². The molecule has 130 valence electrons. The molecule has 1 aliphatic heterocycles. The molecule has 0 saturated heterocycles. The molecule has 2 aromatic carbocycles. The molecule has 4 nitrogen and oxygen atoms in total. The molecule has 0 saturated carbocycles. The standard InChI is InChI=1S/C20H20ClNO3/c1-14-7-8-15(11-17(14)21)9-10-20(23)22(2)12-16-13-24-18-5-3-4-6-19(18)25-16/h3-11,16H,12-13H2,1-2H3/b10-9+. The minimum atomic E-state index is -0.189. The Bertz CT molecular complexity index is 803. The molecular weight excluding hydrogens is 338 g/mol. The Morgan fingerprint density at radius 3 is 2.80 bits per heavy atom. The molecule has 0 aromatic heterocycles. The van der Waals surface area contributed by atoms with Gasteiger partial charge in [0.05, 0.1) is 6.54 Å². The number of halogens is 1. The van der Waals surface area contributed by atoms with Gasteiger partial charge in [0, 0.05) is 18.1 Å². The average molecular weight is 358 g/mol. The smallest absolute Gasteiger partial charge is 0.246 e. The number of fused-ring (bicyclic) bond motifs is 1. The van der Waals surface area contributed by atoms with E-state index in [1.807, 2.05) is 49.4 Å². The third kappa shape index (κ3) is 4.34. The van der Waals surface area contributed by atoms with Crippen molar-refractivity contribution in [2.45, 2.75) is 13.0 Å². The van der Waals surface area contributed by atoms with Gasteiger partial charge >= 0.3 is 0 Å². The zero-order valence-corrected chi connectivity index (χ0v) is 15.0. The lowest BCUT2D eigenvalue weighted by atomic mass is 10.1. The van der Waals surface area contributed by atoms with Crippen molar-refractivity contribution in [2.24, 2.45) is 0 Å². The summed E-state index contributed by atoms with van der Waals surface area (Å²) < 4.78 is 11.6. The molecule has 1 unspecified atom stereocenters. The van der Waals surface area contributed by atoms with Crippen molar-refractivity contribution in [1.82, 2.24) is 4.90 Å². The number of likely N-dealkylation sites (N-methyl/N-ethyl adjacent to an activating group) is 1. The highest BCUT2D eigenvalue weighted by Crippen LogP contribution is 2.30. The van der Waals surface area contributed by atoms with Crippen LogP contribution in [0.2, 0.25) is 5.02 Å². The molecule has 2 aromatic rings. The predicted octanol–water partition coefficient (Wildman–Crippen LogP) is 3.96. The number of aryl methyl sites for hydroxylation is 1. The molecule has 1 amide bonds. The van der Waals surface area contributed by atoms with Crippen LogP contribution in [0.3, 0.4) is 0 Å². The van der Waals surface area contributed by atoms with E-state index < -0.39 is 0 Å². The van der Waals surface area contributed by atoms with E-state index in [2.05, 4.69) is 0 Å². The number of rotatable bonds is 4. The second kappa shape index (κ2) is 7.62. The van der Waals surface area contributed by atoms with E-state index in [9.17, 15) is 4.79 Å². The summed E-state index contributed by atoms with van der Waals surface area (Å²) in [5.74, 6) is 1.35. The van der Waals surface area contributed by atoms with E-state index >= 15 is 0 Å². The fraction of sp³-hybridized carbons (Fsp3) is 0.250. The van der Waals surface area contributed by atoms with Crippen LogP contribution in [0, 0.1) is 6.92 Å². The van der Waals surface area contributed by atoms with Gasteiger partial charge in [-0.15, -0.1) is 0 Å². The van der Waals surface area contributed by atoms with Crippen molar-refractivity contribution in [2.75, 3.05) is 20.2 Å². The Hall–Kier alpha value is -2.46. The quantitative estimate of drug-likeness (QED) is 0.777. The first-order valence-electron chi connectivity index (χ1n) is 8.11. The molecule has 0 N–H and O–H groups in total. The van der Waals surface area contributed by atoms with E-state index in [1.54, 1.807) is 24.1 Å². The van der Waals surface area contributed by atoms with Crippen LogP contribution in [0.15, 0.2) is 48.5 Å². The normalized spacial score (nSPS) is 16.0. The number of ether oxygens (including phenoxy) is 2. The molecule has 25 heavy (non-hydrogen) atoms. The molecule has 0 aliphatic carbocycles. The number of carbonyl (C=O) groups excluding carboxylic acids is 1. The minimum absolute atomic E-state index is 0.0980. The topological polar surface area (TPSA) is 38.8 Å². The summed E-state index contributed by atoms with van der Waals surface area (Å²) in [5.41, 5.74) is 1.90. The first kappa shape index (κ1) is 17.4. The van der Waals surface area contributed by atoms with Crippen molar-refractivity contribution in [3.05, 3.63) is 64.7 Å². The van der Waals surface area contributed by atoms with Gasteiger partial charge in [0.15, 0.2) is 17.6 Å². The first-order chi connectivity index (χ1) is 12.0. The Labute approximate surface area is 152 Å². The summed E-state index contributed by atoms with van der Waals surface area (Å²) in [6, 6.07) is 13.2. The fourth-order valence-electron chi connectivity index (χ4n) is 2.56. The number of carbonyl (C=O) groups is 1. The van der Waals surface area contributed by atoms with Gasteiger partial charge in [0.2, 0.25) is 5.91 Å². The lowest BCUT2D eigenvalue weighted by Gasteiger charge is -2.29. The maximum Gasteiger partial charge on any atom is 0.246 e. The lowest BCUT2D eigenvalue weighted by molar-refractivity contribution is -0.126. The monoisotopic (exact) mass is 357 g/mol. The van der Waals surface area contributed by atoms with Gasteiger partial charge in [0.1, 0.15) is 6.61 Å². The van der Waals surface area contributed by atoms with E-state index in [0.717, 1.165) is 16.9 Å². The summed E-state index contributed by atoms with van der Waals surface area (Å²) in [7, 11) is 1.75. The van der Waals surface area contributed by atoms with Crippen LogP contribution in [0.4, 0.5) is 0 Å². The number of amides is 1. The molecule has 0 fully saturated rings. The summed E-state index contributed by atoms with van der Waals surface area (Å²) in [6.45, 7) is 2.82. The molecule has 5 heteroatoms. The predicted molar refractivity (Wildman–Crippen MR) is 99.2 cm³/mol. The van der Waals surface area contributed by atoms with Crippen molar-refractivity contribution < 1.29 is 14.3 Å².